The van der Waals surface area contributed by atoms with Crippen LogP contribution in [0.1, 0.15) is 41.6 Å². The normalized spacial score (nSPS) is 21.3. The van der Waals surface area contributed by atoms with E-state index in [9.17, 15) is 9.90 Å². The van der Waals surface area contributed by atoms with Gasteiger partial charge in [0.05, 0.1) is 11.6 Å². The molecule has 0 spiro atoms. The average Bonchev–Trinajstić information content (AvgIpc) is 2.53. The third-order valence-electron chi connectivity index (χ3n) is 4.12. The Morgan fingerprint density at radius 2 is 1.90 bits per heavy atom. The first-order valence-electron chi connectivity index (χ1n) is 7.27. The van der Waals surface area contributed by atoms with Crippen molar-refractivity contribution in [2.45, 2.75) is 25.7 Å². The number of rotatable bonds is 5. The lowest BCUT2D eigenvalue weighted by Crippen LogP contribution is -2.25. The molecule has 0 aromatic heterocycles. The van der Waals surface area contributed by atoms with Crippen molar-refractivity contribution in [2.75, 3.05) is 6.54 Å². The Bertz CT molecular complexity index is 566. The Morgan fingerprint density at radius 1 is 1.29 bits per heavy atom. The van der Waals surface area contributed by atoms with Crippen molar-refractivity contribution in [1.29, 1.82) is 5.26 Å². The summed E-state index contributed by atoms with van der Waals surface area (Å²) in [6.07, 6.45) is 4.00. The van der Waals surface area contributed by atoms with Gasteiger partial charge in [-0.2, -0.15) is 5.26 Å². The second kappa shape index (κ2) is 6.94. The molecule has 2 N–H and O–H groups in total. The van der Waals surface area contributed by atoms with Crippen LogP contribution in [-0.4, -0.2) is 17.6 Å². The minimum absolute atomic E-state index is 0.206. The van der Waals surface area contributed by atoms with E-state index < -0.39 is 5.97 Å². The molecule has 0 amide bonds. The molecule has 4 heteroatoms. The quantitative estimate of drug-likeness (QED) is 0.870. The van der Waals surface area contributed by atoms with Gasteiger partial charge in [-0.1, -0.05) is 24.8 Å². The zero-order chi connectivity index (χ0) is 15.2. The van der Waals surface area contributed by atoms with Crippen LogP contribution in [0.3, 0.4) is 0 Å². The van der Waals surface area contributed by atoms with Gasteiger partial charge in [0.2, 0.25) is 0 Å². The molecule has 110 valence electrons. The molecule has 1 aliphatic rings. The van der Waals surface area contributed by atoms with Gasteiger partial charge >= 0.3 is 5.97 Å². The van der Waals surface area contributed by atoms with E-state index in [1.54, 1.807) is 18.2 Å². The molecule has 0 bridgehead atoms. The van der Waals surface area contributed by atoms with E-state index in [1.807, 2.05) is 6.07 Å². The molecule has 1 aromatic rings. The molecule has 1 fully saturated rings. The molecule has 0 unspecified atom stereocenters. The second-order valence-electron chi connectivity index (χ2n) is 5.56. The second-order valence-corrected chi connectivity index (χ2v) is 5.56. The van der Waals surface area contributed by atoms with Gasteiger partial charge in [-0.15, -0.1) is 0 Å². The lowest BCUT2D eigenvalue weighted by atomic mass is 9.82. The summed E-state index contributed by atoms with van der Waals surface area (Å²) in [7, 11) is 0. The van der Waals surface area contributed by atoms with Crippen LogP contribution in [0, 0.1) is 23.2 Å². The highest BCUT2D eigenvalue weighted by atomic mass is 16.4. The molecule has 0 atom stereocenters. The summed E-state index contributed by atoms with van der Waals surface area (Å²) in [5.74, 6) is -0.205. The summed E-state index contributed by atoms with van der Waals surface area (Å²) in [6.45, 7) is 4.74. The predicted molar refractivity (Wildman–Crippen MR) is 81.5 cm³/mol. The van der Waals surface area contributed by atoms with Crippen molar-refractivity contribution in [3.05, 3.63) is 42.0 Å². The van der Waals surface area contributed by atoms with Crippen LogP contribution in [0.25, 0.3) is 5.70 Å². The third-order valence-corrected chi connectivity index (χ3v) is 4.12. The number of nitrogens with one attached hydrogen (secondary N) is 1. The number of aromatic carboxylic acids is 1. The van der Waals surface area contributed by atoms with Gasteiger partial charge in [0.1, 0.15) is 0 Å². The number of nitrogens with zero attached hydrogens (tertiary/aromatic N) is 1. The number of hydrogen-bond acceptors (Lipinski definition) is 3. The van der Waals surface area contributed by atoms with Crippen molar-refractivity contribution in [2.24, 2.45) is 11.8 Å². The van der Waals surface area contributed by atoms with E-state index in [0.717, 1.165) is 32.2 Å². The number of carboxylic acids is 1. The zero-order valence-electron chi connectivity index (χ0n) is 12.0. The predicted octanol–water partition coefficient (Wildman–Crippen LogP) is 3.28. The van der Waals surface area contributed by atoms with Gasteiger partial charge in [0.15, 0.2) is 0 Å². The maximum absolute atomic E-state index is 11.2. The molecule has 1 aromatic carbocycles. The topological polar surface area (TPSA) is 73.1 Å². The van der Waals surface area contributed by atoms with Crippen molar-refractivity contribution >= 4 is 11.7 Å². The Hall–Kier alpha value is -2.28. The van der Waals surface area contributed by atoms with E-state index in [1.165, 1.54) is 0 Å². The number of hydrogen-bond donors (Lipinski definition) is 2. The monoisotopic (exact) mass is 284 g/mol. The molecule has 1 aliphatic carbocycles. The van der Waals surface area contributed by atoms with Crippen LogP contribution in [-0.2, 0) is 0 Å². The largest absolute Gasteiger partial charge is 0.478 e. The fourth-order valence-corrected chi connectivity index (χ4v) is 2.79. The lowest BCUT2D eigenvalue weighted by molar-refractivity contribution is 0.0696. The first kappa shape index (κ1) is 15.1. The number of carbonyl (C=O) groups is 1. The van der Waals surface area contributed by atoms with Crippen LogP contribution in [0.2, 0.25) is 0 Å². The van der Waals surface area contributed by atoms with Gasteiger partial charge in [-0.3, -0.25) is 0 Å². The third kappa shape index (κ3) is 3.85. The minimum atomic E-state index is -0.942. The van der Waals surface area contributed by atoms with Crippen LogP contribution in [0.5, 0.6) is 0 Å². The molecule has 4 nitrogen and oxygen atoms in total. The fraction of sp³-hybridized carbons (Fsp3) is 0.412. The Kier molecular flexibility index (Phi) is 4.99. The smallest absolute Gasteiger partial charge is 0.336 e. The number of carboxylic acid groups (broad SMARTS) is 1. The van der Waals surface area contributed by atoms with Crippen LogP contribution in [0.4, 0.5) is 0 Å². The summed E-state index contributed by atoms with van der Waals surface area (Å²) >= 11 is 0. The molecule has 21 heavy (non-hydrogen) atoms. The molecule has 0 aliphatic heterocycles. The fourth-order valence-electron chi connectivity index (χ4n) is 2.79. The Balaban J connectivity index is 1.91. The summed E-state index contributed by atoms with van der Waals surface area (Å²) in [6, 6.07) is 9.21. The molecule has 0 saturated heterocycles. The van der Waals surface area contributed by atoms with E-state index in [2.05, 4.69) is 18.0 Å². The van der Waals surface area contributed by atoms with Crippen molar-refractivity contribution in [3.8, 4) is 6.07 Å². The lowest BCUT2D eigenvalue weighted by Gasteiger charge is -2.25. The zero-order valence-corrected chi connectivity index (χ0v) is 12.0. The molecule has 2 rings (SSSR count). The average molecular weight is 284 g/mol. The standard InChI is InChI=1S/C17H20N2O2/c1-12(15-4-2-3-5-16(15)17(20)21)19-11-14-8-6-13(10-18)7-9-14/h2-5,13-14,19H,1,6-9,11H2,(H,20,21). The maximum Gasteiger partial charge on any atom is 0.336 e. The first-order chi connectivity index (χ1) is 10.1. The number of benzene rings is 1. The SMILES string of the molecule is C=C(NCC1CCC(C#N)CC1)c1ccccc1C(=O)O. The van der Waals surface area contributed by atoms with Crippen LogP contribution >= 0.6 is 0 Å². The molecular weight excluding hydrogens is 264 g/mol. The van der Waals surface area contributed by atoms with Crippen molar-refractivity contribution < 1.29 is 9.90 Å². The molecule has 1 saturated carbocycles. The maximum atomic E-state index is 11.2. The van der Waals surface area contributed by atoms with Crippen molar-refractivity contribution in [3.63, 3.8) is 0 Å². The summed E-state index contributed by atoms with van der Waals surface area (Å²) < 4.78 is 0. The molecular formula is C17H20N2O2. The van der Waals surface area contributed by atoms with E-state index >= 15 is 0 Å². The van der Waals surface area contributed by atoms with Gasteiger partial charge in [0.25, 0.3) is 0 Å². The highest BCUT2D eigenvalue weighted by molar-refractivity contribution is 5.93. The highest BCUT2D eigenvalue weighted by Crippen LogP contribution is 2.28. The summed E-state index contributed by atoms with van der Waals surface area (Å²) in [5, 5.41) is 21.3. The van der Waals surface area contributed by atoms with Crippen molar-refractivity contribution in [1.82, 2.24) is 5.32 Å². The highest BCUT2D eigenvalue weighted by Gasteiger charge is 2.21. The van der Waals surface area contributed by atoms with Crippen LogP contribution < -0.4 is 5.32 Å². The first-order valence-corrected chi connectivity index (χ1v) is 7.27. The van der Waals surface area contributed by atoms with E-state index in [-0.39, 0.29) is 11.5 Å². The van der Waals surface area contributed by atoms with Crippen LogP contribution in [0.15, 0.2) is 30.8 Å². The van der Waals surface area contributed by atoms with Gasteiger partial charge in [0, 0.05) is 23.7 Å². The van der Waals surface area contributed by atoms with E-state index in [4.69, 9.17) is 5.26 Å². The number of nitriles is 1. The van der Waals surface area contributed by atoms with Gasteiger partial charge < -0.3 is 10.4 Å². The molecule has 0 radical (unpaired) electrons. The summed E-state index contributed by atoms with van der Waals surface area (Å²) in [5.41, 5.74) is 1.55. The van der Waals surface area contributed by atoms with Gasteiger partial charge in [-0.05, 0) is 37.7 Å². The van der Waals surface area contributed by atoms with Gasteiger partial charge in [-0.25, -0.2) is 4.79 Å². The minimum Gasteiger partial charge on any atom is -0.478 e. The Morgan fingerprint density at radius 3 is 2.48 bits per heavy atom. The molecule has 0 heterocycles. The van der Waals surface area contributed by atoms with E-state index in [0.29, 0.717) is 17.2 Å². The summed E-state index contributed by atoms with van der Waals surface area (Å²) in [4.78, 5) is 11.2. The Labute approximate surface area is 125 Å².